The first-order valence-electron chi connectivity index (χ1n) is 10.8. The topological polar surface area (TPSA) is 80.4 Å². The second-order valence-corrected chi connectivity index (χ2v) is 8.90. The molecule has 0 aliphatic carbocycles. The number of fused-ring (bicyclic) bond motifs is 1. The minimum absolute atomic E-state index is 0. The lowest BCUT2D eigenvalue weighted by Gasteiger charge is -2.11. The highest BCUT2D eigenvalue weighted by molar-refractivity contribution is 8.14. The second-order valence-electron chi connectivity index (χ2n) is 7.89. The number of benzene rings is 3. The molecule has 1 aliphatic rings. The monoisotopic (exact) mass is 490 g/mol. The van der Waals surface area contributed by atoms with Crippen molar-refractivity contribution in [2.24, 2.45) is 4.99 Å². The van der Waals surface area contributed by atoms with Gasteiger partial charge in [0, 0.05) is 34.5 Å². The molecule has 0 spiro atoms. The van der Waals surface area contributed by atoms with Gasteiger partial charge in [0.15, 0.2) is 5.17 Å². The molecule has 0 bridgehead atoms. The van der Waals surface area contributed by atoms with Crippen LogP contribution in [0.25, 0.3) is 33.3 Å². The minimum atomic E-state index is -0.372. The van der Waals surface area contributed by atoms with Crippen LogP contribution in [0.5, 0.6) is 0 Å². The van der Waals surface area contributed by atoms with Gasteiger partial charge in [-0.3, -0.25) is 15.1 Å². The highest BCUT2D eigenvalue weighted by Gasteiger charge is 2.17. The van der Waals surface area contributed by atoms with Crippen LogP contribution in [0, 0.1) is 10.1 Å². The highest BCUT2D eigenvalue weighted by Crippen LogP contribution is 2.34. The van der Waals surface area contributed by atoms with Gasteiger partial charge in [-0.25, -0.2) is 4.98 Å². The number of hydrogen-bond acceptors (Lipinski definition) is 6. The molecular weight excluding hydrogens is 468 g/mol. The van der Waals surface area contributed by atoms with Crippen LogP contribution in [0.1, 0.15) is 13.3 Å². The smallest absolute Gasteiger partial charge is 0.270 e. The summed E-state index contributed by atoms with van der Waals surface area (Å²) in [5.74, 6) is 1.03. The molecule has 1 unspecified atom stereocenters. The summed E-state index contributed by atoms with van der Waals surface area (Å²) in [6.07, 6.45) is 1.05. The van der Waals surface area contributed by atoms with Crippen molar-refractivity contribution in [3.05, 3.63) is 89.0 Å². The Kier molecular flexibility index (Phi) is 7.14. The van der Waals surface area contributed by atoms with Crippen molar-refractivity contribution in [1.29, 1.82) is 0 Å². The van der Waals surface area contributed by atoms with Gasteiger partial charge < -0.3 is 5.32 Å². The number of nitro benzene ring substituents is 1. The van der Waals surface area contributed by atoms with Crippen LogP contribution in [0.4, 0.5) is 11.4 Å². The van der Waals surface area contributed by atoms with Crippen LogP contribution in [0.3, 0.4) is 0 Å². The maximum absolute atomic E-state index is 11.3. The van der Waals surface area contributed by atoms with Gasteiger partial charge in [0.2, 0.25) is 0 Å². The quantitative estimate of drug-likeness (QED) is 0.236. The zero-order chi connectivity index (χ0) is 22.8. The van der Waals surface area contributed by atoms with Crippen molar-refractivity contribution >= 4 is 51.6 Å². The summed E-state index contributed by atoms with van der Waals surface area (Å²) in [6.45, 7) is 2.16. The van der Waals surface area contributed by atoms with Crippen molar-refractivity contribution in [3.63, 3.8) is 0 Å². The number of pyridine rings is 1. The Labute approximate surface area is 208 Å². The third kappa shape index (κ3) is 4.90. The molecular formula is C26H23ClN4O2S. The molecule has 3 aromatic carbocycles. The Balaban J connectivity index is 0.00000274. The molecule has 1 atom stereocenters. The van der Waals surface area contributed by atoms with E-state index in [1.54, 1.807) is 23.9 Å². The summed E-state index contributed by atoms with van der Waals surface area (Å²) in [5, 5.41) is 16.5. The first-order chi connectivity index (χ1) is 16.1. The molecule has 0 amide bonds. The molecule has 4 aromatic rings. The number of thioether (sulfide) groups is 1. The Morgan fingerprint density at radius 2 is 1.79 bits per heavy atom. The summed E-state index contributed by atoms with van der Waals surface area (Å²) in [7, 11) is 0. The van der Waals surface area contributed by atoms with Crippen molar-refractivity contribution in [2.75, 3.05) is 11.1 Å². The predicted molar refractivity (Wildman–Crippen MR) is 144 cm³/mol. The van der Waals surface area contributed by atoms with Crippen LogP contribution >= 0.6 is 24.2 Å². The first kappa shape index (κ1) is 23.7. The van der Waals surface area contributed by atoms with Gasteiger partial charge in [0.05, 0.1) is 22.2 Å². The van der Waals surface area contributed by atoms with E-state index in [9.17, 15) is 10.1 Å². The van der Waals surface area contributed by atoms with Gasteiger partial charge in [-0.05, 0) is 41.8 Å². The zero-order valence-electron chi connectivity index (χ0n) is 18.5. The van der Waals surface area contributed by atoms with Gasteiger partial charge in [-0.15, -0.1) is 12.4 Å². The lowest BCUT2D eigenvalue weighted by Crippen LogP contribution is -2.05. The third-order valence-electron chi connectivity index (χ3n) is 5.70. The fourth-order valence-electron chi connectivity index (χ4n) is 3.87. The maximum atomic E-state index is 11.3. The summed E-state index contributed by atoms with van der Waals surface area (Å²) < 4.78 is 0. The molecule has 6 nitrogen and oxygen atoms in total. The number of nitrogens with one attached hydrogen (secondary N) is 1. The first-order valence-corrected chi connectivity index (χ1v) is 11.8. The van der Waals surface area contributed by atoms with Crippen molar-refractivity contribution in [1.82, 2.24) is 4.98 Å². The summed E-state index contributed by atoms with van der Waals surface area (Å²) in [6, 6.07) is 25.3. The highest BCUT2D eigenvalue weighted by atomic mass is 35.5. The molecule has 5 rings (SSSR count). The van der Waals surface area contributed by atoms with Crippen molar-refractivity contribution in [3.8, 4) is 22.4 Å². The average Bonchev–Trinajstić information content (AvgIpc) is 3.31. The van der Waals surface area contributed by atoms with E-state index in [2.05, 4.69) is 17.2 Å². The van der Waals surface area contributed by atoms with E-state index < -0.39 is 0 Å². The Bertz CT molecular complexity index is 1360. The van der Waals surface area contributed by atoms with Crippen LogP contribution in [-0.4, -0.2) is 26.9 Å². The number of hydrogen-bond donors (Lipinski definition) is 1. The van der Waals surface area contributed by atoms with E-state index in [1.807, 2.05) is 60.7 Å². The minimum Gasteiger partial charge on any atom is -0.335 e. The van der Waals surface area contributed by atoms with E-state index >= 15 is 0 Å². The maximum Gasteiger partial charge on any atom is 0.270 e. The number of non-ortho nitro benzene ring substituents is 1. The molecule has 1 aliphatic heterocycles. The standard InChI is InChI=1S/C26H22N4O2S.ClH/c1-2-19-16-33-26(27-19)28-20-10-8-18(9-11-20)25-15-22(17-6-4-3-5-7-17)23-14-21(30(31)32)12-13-24(23)29-25;/h3-15,19H,2,16H2,1H3,(H,27,28);1H. The number of halogens is 1. The normalized spacial score (nSPS) is 15.0. The number of amidine groups is 1. The summed E-state index contributed by atoms with van der Waals surface area (Å²) >= 11 is 1.75. The fraction of sp³-hybridized carbons (Fsp3) is 0.154. The molecule has 1 aromatic heterocycles. The molecule has 0 fully saturated rings. The molecule has 34 heavy (non-hydrogen) atoms. The van der Waals surface area contributed by atoms with E-state index in [0.29, 0.717) is 6.04 Å². The van der Waals surface area contributed by atoms with Crippen LogP contribution in [0.2, 0.25) is 0 Å². The van der Waals surface area contributed by atoms with Gasteiger partial charge in [0.25, 0.3) is 5.69 Å². The van der Waals surface area contributed by atoms with Crippen LogP contribution in [0.15, 0.2) is 83.9 Å². The molecule has 2 heterocycles. The number of nitrogens with zero attached hydrogens (tertiary/aromatic N) is 3. The van der Waals surface area contributed by atoms with Crippen LogP contribution in [-0.2, 0) is 0 Å². The fourth-order valence-corrected chi connectivity index (χ4v) is 4.95. The lowest BCUT2D eigenvalue weighted by molar-refractivity contribution is -0.384. The molecule has 0 saturated heterocycles. The molecule has 0 radical (unpaired) electrons. The Morgan fingerprint density at radius 1 is 1.03 bits per heavy atom. The Morgan fingerprint density at radius 3 is 2.47 bits per heavy atom. The van der Waals surface area contributed by atoms with Crippen LogP contribution < -0.4 is 5.32 Å². The number of nitro groups is 1. The van der Waals surface area contributed by atoms with Crippen molar-refractivity contribution < 1.29 is 4.92 Å². The van der Waals surface area contributed by atoms with E-state index in [1.165, 1.54) is 6.07 Å². The average molecular weight is 491 g/mol. The van der Waals surface area contributed by atoms with Gasteiger partial charge in [0.1, 0.15) is 0 Å². The third-order valence-corrected chi connectivity index (χ3v) is 6.74. The van der Waals surface area contributed by atoms with E-state index in [-0.39, 0.29) is 23.0 Å². The van der Waals surface area contributed by atoms with Gasteiger partial charge in [-0.2, -0.15) is 0 Å². The van der Waals surface area contributed by atoms with Gasteiger partial charge in [-0.1, -0.05) is 61.2 Å². The molecule has 1 N–H and O–H groups in total. The van der Waals surface area contributed by atoms with Crippen molar-refractivity contribution in [2.45, 2.75) is 19.4 Å². The molecule has 0 saturated carbocycles. The summed E-state index contributed by atoms with van der Waals surface area (Å²) in [4.78, 5) is 20.5. The van der Waals surface area contributed by atoms with E-state index in [4.69, 9.17) is 4.98 Å². The number of aromatic nitrogens is 1. The lowest BCUT2D eigenvalue weighted by atomic mass is 9.98. The predicted octanol–water partition coefficient (Wildman–Crippen LogP) is 7.19. The zero-order valence-corrected chi connectivity index (χ0v) is 20.1. The Hall–Kier alpha value is -3.42. The van der Waals surface area contributed by atoms with E-state index in [0.717, 1.165) is 56.3 Å². The second kappa shape index (κ2) is 10.2. The van der Waals surface area contributed by atoms with Gasteiger partial charge >= 0.3 is 0 Å². The molecule has 172 valence electrons. The number of anilines is 1. The molecule has 8 heteroatoms. The summed E-state index contributed by atoms with van der Waals surface area (Å²) in [5.41, 5.74) is 5.48. The SMILES string of the molecule is CCC1CSC(Nc2ccc(-c3cc(-c4ccccc4)c4cc([N+](=O)[O-])ccc4n3)cc2)=N1.Cl. The number of aliphatic imine (C=N–C) groups is 1. The number of rotatable bonds is 5. The largest absolute Gasteiger partial charge is 0.335 e.